The van der Waals surface area contributed by atoms with E-state index in [1.54, 1.807) is 4.90 Å². The Bertz CT molecular complexity index is 861. The van der Waals surface area contributed by atoms with Gasteiger partial charge in [-0.05, 0) is 44.7 Å². The molecule has 0 spiro atoms. The van der Waals surface area contributed by atoms with E-state index in [9.17, 15) is 9.90 Å². The smallest absolute Gasteiger partial charge is 0.222 e. The molecule has 1 aliphatic heterocycles. The summed E-state index contributed by atoms with van der Waals surface area (Å²) in [6, 6.07) is 8.14. The number of amides is 1. The topological polar surface area (TPSA) is 70.8 Å². The first-order valence-corrected chi connectivity index (χ1v) is 11.2. The van der Waals surface area contributed by atoms with E-state index in [-0.39, 0.29) is 18.0 Å². The van der Waals surface area contributed by atoms with Crippen molar-refractivity contribution in [2.45, 2.75) is 63.8 Å². The Balaban J connectivity index is 1.33. The average Bonchev–Trinajstić information content (AvgIpc) is 3.09. The molecule has 4 rings (SSSR count). The number of rotatable bonds is 6. The van der Waals surface area contributed by atoms with Crippen LogP contribution in [-0.2, 0) is 16.1 Å². The number of fused-ring (bicyclic) bond motifs is 1. The molecule has 0 unspecified atom stereocenters. The van der Waals surface area contributed by atoms with Crippen LogP contribution in [0.15, 0.2) is 24.3 Å². The van der Waals surface area contributed by atoms with Gasteiger partial charge in [0.2, 0.25) is 5.91 Å². The summed E-state index contributed by atoms with van der Waals surface area (Å²) in [6.45, 7) is 5.97. The van der Waals surface area contributed by atoms with Gasteiger partial charge in [-0.1, -0.05) is 12.1 Å². The Hall–Kier alpha value is -1.96. The summed E-state index contributed by atoms with van der Waals surface area (Å²) in [4.78, 5) is 21.6. The van der Waals surface area contributed by atoms with E-state index in [1.807, 2.05) is 32.2 Å². The van der Waals surface area contributed by atoms with Gasteiger partial charge < -0.3 is 19.3 Å². The number of benzene rings is 1. The van der Waals surface area contributed by atoms with Gasteiger partial charge in [-0.3, -0.25) is 9.69 Å². The molecule has 2 aromatic rings. The maximum Gasteiger partial charge on any atom is 0.222 e. The normalized spacial score (nSPS) is 25.5. The number of carbonyl (C=O) groups excluding carboxylic acids is 1. The Kier molecular flexibility index (Phi) is 6.71. The third-order valence-corrected chi connectivity index (χ3v) is 6.81. The van der Waals surface area contributed by atoms with Crippen molar-refractivity contribution in [1.29, 1.82) is 0 Å². The molecular weight excluding hydrogens is 380 g/mol. The third-order valence-electron chi connectivity index (χ3n) is 6.81. The molecule has 0 bridgehead atoms. The molecule has 30 heavy (non-hydrogen) atoms. The molecule has 1 saturated heterocycles. The number of aliphatic hydroxyl groups excluding tert-OH is 1. The number of hydrogen-bond acceptors (Lipinski definition) is 5. The van der Waals surface area contributed by atoms with E-state index in [2.05, 4.69) is 20.5 Å². The zero-order chi connectivity index (χ0) is 21.1. The van der Waals surface area contributed by atoms with Crippen LogP contribution >= 0.6 is 0 Å². The summed E-state index contributed by atoms with van der Waals surface area (Å²) in [7, 11) is 1.86. The first-order valence-electron chi connectivity index (χ1n) is 11.2. The lowest BCUT2D eigenvalue weighted by Crippen LogP contribution is -2.58. The van der Waals surface area contributed by atoms with E-state index < -0.39 is 6.10 Å². The number of para-hydroxylation sites is 2. The van der Waals surface area contributed by atoms with Gasteiger partial charge in [0.05, 0.1) is 36.4 Å². The van der Waals surface area contributed by atoms with Crippen LogP contribution in [0.1, 0.15) is 37.9 Å². The fourth-order valence-corrected chi connectivity index (χ4v) is 5.09. The number of likely N-dealkylation sites (N-methyl/N-ethyl adjacent to an activating group) is 1. The first-order chi connectivity index (χ1) is 14.6. The molecule has 7 heteroatoms. The summed E-state index contributed by atoms with van der Waals surface area (Å²) in [5, 5.41) is 11.0. The predicted octanol–water partition coefficient (Wildman–Crippen LogP) is 2.20. The number of aliphatic hydroxyl groups is 1. The standard InChI is InChI=1S/C23H34N4O3/c1-17-24-18-7-3-4-8-19(18)27(17)12-6-11-22(28)25(2)20-9-5-10-21(23(20)29)26-13-15-30-16-14-26/h3-4,7-8,20-21,23,29H,5-6,9-16H2,1-2H3/t20-,21-,23-/m1/s1. The molecule has 1 amide bonds. The van der Waals surface area contributed by atoms with E-state index in [0.717, 1.165) is 75.4 Å². The molecule has 2 aliphatic rings. The highest BCUT2D eigenvalue weighted by molar-refractivity contribution is 5.77. The second-order valence-electron chi connectivity index (χ2n) is 8.61. The number of aromatic nitrogens is 2. The van der Waals surface area contributed by atoms with Crippen LogP contribution in [0.2, 0.25) is 0 Å². The Labute approximate surface area is 178 Å². The average molecular weight is 415 g/mol. The molecule has 7 nitrogen and oxygen atoms in total. The van der Waals surface area contributed by atoms with Gasteiger partial charge in [-0.2, -0.15) is 0 Å². The SMILES string of the molecule is Cc1nc2ccccc2n1CCCC(=O)N(C)[C@@H]1CCC[C@@H](N2CCOCC2)[C@@H]1O. The summed E-state index contributed by atoms with van der Waals surface area (Å²) >= 11 is 0. The van der Waals surface area contributed by atoms with Gasteiger partial charge in [0.15, 0.2) is 0 Å². The summed E-state index contributed by atoms with van der Waals surface area (Å²) in [5.74, 6) is 1.09. The van der Waals surface area contributed by atoms with Crippen LogP contribution < -0.4 is 0 Å². The quantitative estimate of drug-likeness (QED) is 0.785. The fraction of sp³-hybridized carbons (Fsp3) is 0.652. The molecule has 0 radical (unpaired) electrons. The van der Waals surface area contributed by atoms with Gasteiger partial charge in [-0.25, -0.2) is 4.98 Å². The zero-order valence-corrected chi connectivity index (χ0v) is 18.2. The van der Waals surface area contributed by atoms with Gasteiger partial charge in [0, 0.05) is 39.1 Å². The van der Waals surface area contributed by atoms with Crippen molar-refractivity contribution in [3.63, 3.8) is 0 Å². The minimum absolute atomic E-state index is 0.102. The number of morpholine rings is 1. The van der Waals surface area contributed by atoms with E-state index >= 15 is 0 Å². The van der Waals surface area contributed by atoms with Crippen molar-refractivity contribution in [2.75, 3.05) is 33.4 Å². The van der Waals surface area contributed by atoms with Crippen molar-refractivity contribution in [3.05, 3.63) is 30.1 Å². The maximum atomic E-state index is 12.9. The highest BCUT2D eigenvalue weighted by Crippen LogP contribution is 2.28. The monoisotopic (exact) mass is 414 g/mol. The molecule has 2 heterocycles. The molecular formula is C23H34N4O3. The molecule has 164 valence electrons. The Morgan fingerprint density at radius 3 is 2.83 bits per heavy atom. The number of nitrogens with zero attached hydrogens (tertiary/aromatic N) is 4. The van der Waals surface area contributed by atoms with Crippen molar-refractivity contribution < 1.29 is 14.6 Å². The summed E-state index contributed by atoms with van der Waals surface area (Å²) in [6.07, 6.45) is 3.66. The minimum atomic E-state index is -0.495. The van der Waals surface area contributed by atoms with Gasteiger partial charge in [0.25, 0.3) is 0 Å². The van der Waals surface area contributed by atoms with Crippen molar-refractivity contribution in [3.8, 4) is 0 Å². The van der Waals surface area contributed by atoms with Crippen molar-refractivity contribution in [1.82, 2.24) is 19.4 Å². The number of hydrogen-bond donors (Lipinski definition) is 1. The van der Waals surface area contributed by atoms with Crippen LogP contribution in [0.5, 0.6) is 0 Å². The van der Waals surface area contributed by atoms with E-state index in [4.69, 9.17) is 4.74 Å². The lowest BCUT2D eigenvalue weighted by atomic mass is 9.86. The fourth-order valence-electron chi connectivity index (χ4n) is 5.09. The van der Waals surface area contributed by atoms with Crippen LogP contribution in [0.25, 0.3) is 11.0 Å². The molecule has 1 aromatic carbocycles. The largest absolute Gasteiger partial charge is 0.389 e. The summed E-state index contributed by atoms with van der Waals surface area (Å²) < 4.78 is 7.64. The third kappa shape index (κ3) is 4.38. The Morgan fingerprint density at radius 2 is 2.03 bits per heavy atom. The highest BCUT2D eigenvalue weighted by atomic mass is 16.5. The van der Waals surface area contributed by atoms with Crippen molar-refractivity contribution in [2.24, 2.45) is 0 Å². The molecule has 1 aromatic heterocycles. The van der Waals surface area contributed by atoms with E-state index in [0.29, 0.717) is 6.42 Å². The molecule has 1 N–H and O–H groups in total. The summed E-state index contributed by atoms with van der Waals surface area (Å²) in [5.41, 5.74) is 2.12. The lowest BCUT2D eigenvalue weighted by molar-refractivity contribution is -0.138. The van der Waals surface area contributed by atoms with Gasteiger partial charge in [-0.15, -0.1) is 0 Å². The molecule has 1 saturated carbocycles. The molecule has 3 atom stereocenters. The second kappa shape index (κ2) is 9.45. The van der Waals surface area contributed by atoms with Gasteiger partial charge >= 0.3 is 0 Å². The predicted molar refractivity (Wildman–Crippen MR) is 116 cm³/mol. The first kappa shape index (κ1) is 21.3. The molecule has 2 fully saturated rings. The van der Waals surface area contributed by atoms with E-state index in [1.165, 1.54) is 0 Å². The zero-order valence-electron chi connectivity index (χ0n) is 18.2. The van der Waals surface area contributed by atoms with Crippen LogP contribution in [0.4, 0.5) is 0 Å². The number of carbonyl (C=O) groups is 1. The Morgan fingerprint density at radius 1 is 1.27 bits per heavy atom. The van der Waals surface area contributed by atoms with Crippen LogP contribution in [0.3, 0.4) is 0 Å². The van der Waals surface area contributed by atoms with Crippen LogP contribution in [-0.4, -0.2) is 81.9 Å². The van der Waals surface area contributed by atoms with Crippen LogP contribution in [0, 0.1) is 6.92 Å². The van der Waals surface area contributed by atoms with Crippen molar-refractivity contribution >= 4 is 16.9 Å². The number of aryl methyl sites for hydroxylation is 2. The highest BCUT2D eigenvalue weighted by Gasteiger charge is 2.38. The number of imidazole rings is 1. The second-order valence-corrected chi connectivity index (χ2v) is 8.61. The lowest BCUT2D eigenvalue weighted by Gasteiger charge is -2.45. The number of ether oxygens (including phenoxy) is 1. The van der Waals surface area contributed by atoms with Gasteiger partial charge in [0.1, 0.15) is 5.82 Å². The minimum Gasteiger partial charge on any atom is -0.389 e. The maximum absolute atomic E-state index is 12.9. The molecule has 1 aliphatic carbocycles.